The Labute approximate surface area is 208 Å². The molecule has 0 aliphatic carbocycles. The molecule has 0 saturated heterocycles. The predicted octanol–water partition coefficient (Wildman–Crippen LogP) is 4.92. The summed E-state index contributed by atoms with van der Waals surface area (Å²) < 4.78 is 13.7. The van der Waals surface area contributed by atoms with Gasteiger partial charge in [0, 0.05) is 36.1 Å². The van der Waals surface area contributed by atoms with Gasteiger partial charge in [-0.1, -0.05) is 24.3 Å². The third kappa shape index (κ3) is 6.95. The summed E-state index contributed by atoms with van der Waals surface area (Å²) in [4.78, 5) is 44.9. The lowest BCUT2D eigenvalue weighted by Gasteiger charge is -2.33. The van der Waals surface area contributed by atoms with Crippen molar-refractivity contribution in [3.63, 3.8) is 0 Å². The number of carbonyl (C=O) groups is 3. The molecule has 0 aliphatic rings. The van der Waals surface area contributed by atoms with Crippen LogP contribution >= 0.6 is 11.3 Å². The van der Waals surface area contributed by atoms with Crippen LogP contribution in [-0.2, 0) is 14.4 Å². The molecular formula is C26H29FN4O3S. The molecule has 0 radical (unpaired) electrons. The van der Waals surface area contributed by atoms with Crippen molar-refractivity contribution in [3.05, 3.63) is 76.5 Å². The van der Waals surface area contributed by atoms with Gasteiger partial charge in [-0.3, -0.25) is 19.3 Å². The molecule has 1 atom stereocenters. The van der Waals surface area contributed by atoms with E-state index in [1.165, 1.54) is 40.5 Å². The van der Waals surface area contributed by atoms with E-state index in [2.05, 4.69) is 15.6 Å². The van der Waals surface area contributed by atoms with Crippen LogP contribution < -0.4 is 15.5 Å². The third-order valence-electron chi connectivity index (χ3n) is 5.26. The summed E-state index contributed by atoms with van der Waals surface area (Å²) in [5.74, 6) is -1.59. The molecule has 184 valence electrons. The molecule has 1 unspecified atom stereocenters. The summed E-state index contributed by atoms with van der Waals surface area (Å²) >= 11 is 1.28. The fourth-order valence-electron chi connectivity index (χ4n) is 3.63. The van der Waals surface area contributed by atoms with E-state index in [-0.39, 0.29) is 24.8 Å². The molecule has 1 heterocycles. The lowest BCUT2D eigenvalue weighted by atomic mass is 10.00. The van der Waals surface area contributed by atoms with Gasteiger partial charge in [-0.25, -0.2) is 9.37 Å². The molecule has 7 nitrogen and oxygen atoms in total. The van der Waals surface area contributed by atoms with Crippen LogP contribution in [0.2, 0.25) is 0 Å². The Morgan fingerprint density at radius 2 is 1.77 bits per heavy atom. The molecule has 0 fully saturated rings. The number of aryl methyl sites for hydroxylation is 2. The van der Waals surface area contributed by atoms with Crippen LogP contribution in [-0.4, -0.2) is 28.7 Å². The quantitative estimate of drug-likeness (QED) is 0.440. The topological polar surface area (TPSA) is 91.4 Å². The molecule has 35 heavy (non-hydrogen) atoms. The van der Waals surface area contributed by atoms with E-state index < -0.39 is 23.7 Å². The number of aromatic nitrogens is 1. The maximum Gasteiger partial charge on any atom is 0.248 e. The van der Waals surface area contributed by atoms with Crippen LogP contribution in [0.3, 0.4) is 0 Å². The molecule has 1 aromatic heterocycles. The predicted molar refractivity (Wildman–Crippen MR) is 136 cm³/mol. The van der Waals surface area contributed by atoms with E-state index >= 15 is 0 Å². The number of amides is 3. The number of benzene rings is 2. The molecule has 3 rings (SSSR count). The summed E-state index contributed by atoms with van der Waals surface area (Å²) in [6, 6.07) is 9.93. The standard InChI is InChI=1S/C26H29FN4O3S/c1-16(2)29-25(34)24(19-7-9-20(27)10-8-19)31(21-15-17(3)5-6-18(21)4)23(33)12-11-22(32)30-26-28-13-14-35-26/h5-10,13-16,24H,11-12H2,1-4H3,(H,29,34)(H,28,30,32). The first-order valence-corrected chi connectivity index (χ1v) is 12.2. The average Bonchev–Trinajstić information content (AvgIpc) is 3.31. The first-order valence-electron chi connectivity index (χ1n) is 11.3. The summed E-state index contributed by atoms with van der Waals surface area (Å²) in [5.41, 5.74) is 2.72. The Hall–Kier alpha value is -3.59. The van der Waals surface area contributed by atoms with Crippen molar-refractivity contribution < 1.29 is 18.8 Å². The summed E-state index contributed by atoms with van der Waals surface area (Å²) in [5, 5.41) is 7.74. The van der Waals surface area contributed by atoms with E-state index in [9.17, 15) is 18.8 Å². The minimum absolute atomic E-state index is 0.0816. The monoisotopic (exact) mass is 496 g/mol. The van der Waals surface area contributed by atoms with E-state index in [0.717, 1.165) is 11.1 Å². The van der Waals surface area contributed by atoms with Crippen LogP contribution in [0.15, 0.2) is 54.0 Å². The number of anilines is 2. The highest BCUT2D eigenvalue weighted by atomic mass is 32.1. The second-order valence-corrected chi connectivity index (χ2v) is 9.45. The second-order valence-electron chi connectivity index (χ2n) is 8.56. The summed E-state index contributed by atoms with van der Waals surface area (Å²) in [6.07, 6.45) is 1.37. The minimum atomic E-state index is -1.05. The van der Waals surface area contributed by atoms with E-state index in [1.807, 2.05) is 45.9 Å². The van der Waals surface area contributed by atoms with Gasteiger partial charge in [-0.2, -0.15) is 0 Å². The Morgan fingerprint density at radius 1 is 1.06 bits per heavy atom. The van der Waals surface area contributed by atoms with Crippen molar-refractivity contribution in [2.24, 2.45) is 0 Å². The van der Waals surface area contributed by atoms with Crippen molar-refractivity contribution in [2.45, 2.75) is 52.6 Å². The normalized spacial score (nSPS) is 11.7. The first-order chi connectivity index (χ1) is 16.7. The maximum absolute atomic E-state index is 13.7. The van der Waals surface area contributed by atoms with Crippen LogP contribution in [0.25, 0.3) is 0 Å². The van der Waals surface area contributed by atoms with Gasteiger partial charge in [-0.05, 0) is 62.6 Å². The fraction of sp³-hybridized carbons (Fsp3) is 0.308. The van der Waals surface area contributed by atoms with Gasteiger partial charge in [0.15, 0.2) is 5.13 Å². The molecule has 0 bridgehead atoms. The minimum Gasteiger partial charge on any atom is -0.352 e. The second kappa shape index (κ2) is 11.7. The van der Waals surface area contributed by atoms with Gasteiger partial charge in [0.25, 0.3) is 0 Å². The Morgan fingerprint density at radius 3 is 2.40 bits per heavy atom. The van der Waals surface area contributed by atoms with Crippen molar-refractivity contribution in [2.75, 3.05) is 10.2 Å². The molecular weight excluding hydrogens is 467 g/mol. The highest BCUT2D eigenvalue weighted by Crippen LogP contribution is 2.32. The lowest BCUT2D eigenvalue weighted by molar-refractivity contribution is -0.127. The number of nitrogens with zero attached hydrogens (tertiary/aromatic N) is 2. The zero-order valence-electron chi connectivity index (χ0n) is 20.2. The van der Waals surface area contributed by atoms with Gasteiger partial charge in [0.1, 0.15) is 11.9 Å². The van der Waals surface area contributed by atoms with Gasteiger partial charge >= 0.3 is 0 Å². The third-order valence-corrected chi connectivity index (χ3v) is 5.95. The zero-order valence-corrected chi connectivity index (χ0v) is 21.0. The molecule has 2 N–H and O–H groups in total. The summed E-state index contributed by atoms with van der Waals surface area (Å²) in [6.45, 7) is 7.40. The number of thiazole rings is 1. The smallest absolute Gasteiger partial charge is 0.248 e. The van der Waals surface area contributed by atoms with Gasteiger partial charge in [0.2, 0.25) is 17.7 Å². The van der Waals surface area contributed by atoms with Gasteiger partial charge in [-0.15, -0.1) is 11.3 Å². The number of nitrogens with one attached hydrogen (secondary N) is 2. The van der Waals surface area contributed by atoms with Crippen molar-refractivity contribution in [1.29, 1.82) is 0 Å². The number of hydrogen-bond acceptors (Lipinski definition) is 5. The number of carbonyl (C=O) groups excluding carboxylic acids is 3. The van der Waals surface area contributed by atoms with Gasteiger partial charge < -0.3 is 10.6 Å². The van der Waals surface area contributed by atoms with E-state index in [0.29, 0.717) is 16.4 Å². The first kappa shape index (κ1) is 26.0. The Balaban J connectivity index is 1.99. The molecule has 0 aliphatic heterocycles. The SMILES string of the molecule is Cc1ccc(C)c(N(C(=O)CCC(=O)Nc2nccs2)C(C(=O)NC(C)C)c2ccc(F)cc2)c1. The Bertz CT molecular complexity index is 1180. The van der Waals surface area contributed by atoms with Gasteiger partial charge in [0.05, 0.1) is 0 Å². The van der Waals surface area contributed by atoms with E-state index in [1.54, 1.807) is 11.6 Å². The molecule has 2 aromatic carbocycles. The maximum atomic E-state index is 13.7. The molecule has 3 amide bonds. The summed E-state index contributed by atoms with van der Waals surface area (Å²) in [7, 11) is 0. The highest BCUT2D eigenvalue weighted by Gasteiger charge is 2.34. The molecule has 0 spiro atoms. The van der Waals surface area contributed by atoms with Crippen molar-refractivity contribution >= 4 is 39.9 Å². The average molecular weight is 497 g/mol. The van der Waals surface area contributed by atoms with Crippen molar-refractivity contribution in [3.8, 4) is 0 Å². The number of rotatable bonds is 9. The van der Waals surface area contributed by atoms with Crippen LogP contribution in [0.5, 0.6) is 0 Å². The van der Waals surface area contributed by atoms with Crippen LogP contribution in [0, 0.1) is 19.7 Å². The van der Waals surface area contributed by atoms with E-state index in [4.69, 9.17) is 0 Å². The van der Waals surface area contributed by atoms with Crippen molar-refractivity contribution in [1.82, 2.24) is 10.3 Å². The zero-order chi connectivity index (χ0) is 25.5. The molecule has 3 aromatic rings. The highest BCUT2D eigenvalue weighted by molar-refractivity contribution is 7.13. The fourth-order valence-corrected chi connectivity index (χ4v) is 4.18. The number of halogens is 1. The molecule has 9 heteroatoms. The lowest BCUT2D eigenvalue weighted by Crippen LogP contribution is -2.46. The Kier molecular flexibility index (Phi) is 8.70. The largest absolute Gasteiger partial charge is 0.352 e. The molecule has 0 saturated carbocycles. The van der Waals surface area contributed by atoms with Crippen LogP contribution in [0.4, 0.5) is 15.2 Å². The van der Waals surface area contributed by atoms with Crippen LogP contribution in [0.1, 0.15) is 49.4 Å². The number of hydrogen-bond donors (Lipinski definition) is 2.